The van der Waals surface area contributed by atoms with Gasteiger partial charge in [0.25, 0.3) is 0 Å². The zero-order valence-electron chi connectivity index (χ0n) is 5.56. The van der Waals surface area contributed by atoms with Crippen molar-refractivity contribution in [3.63, 3.8) is 0 Å². The molecule has 0 N–H and O–H groups in total. The van der Waals surface area contributed by atoms with E-state index in [1.54, 1.807) is 0 Å². The Morgan fingerprint density at radius 1 is 1.27 bits per heavy atom. The third-order valence-corrected chi connectivity index (χ3v) is 3.92. The number of hydrogen-bond donors (Lipinski definition) is 0. The summed E-state index contributed by atoms with van der Waals surface area (Å²) in [6.07, 6.45) is -4.71. The van der Waals surface area contributed by atoms with Gasteiger partial charge in [0, 0.05) is 0 Å². The summed E-state index contributed by atoms with van der Waals surface area (Å²) < 4.78 is 57.0. The van der Waals surface area contributed by atoms with Gasteiger partial charge in [-0.1, -0.05) is 0 Å². The van der Waals surface area contributed by atoms with E-state index >= 15 is 0 Å². The minimum Gasteiger partial charge on any atom is -0.228 e. The van der Waals surface area contributed by atoms with E-state index in [-0.39, 0.29) is 18.6 Å². The van der Waals surface area contributed by atoms with Crippen LogP contribution >= 0.6 is 0 Å². The van der Waals surface area contributed by atoms with Crippen LogP contribution in [-0.4, -0.2) is 25.6 Å². The molecule has 11 heavy (non-hydrogen) atoms. The second kappa shape index (κ2) is 2.36. The van der Waals surface area contributed by atoms with Crippen molar-refractivity contribution in [2.24, 2.45) is 0 Å². The average Bonchev–Trinajstić information content (AvgIpc) is 2.06. The maximum atomic E-state index is 11.9. The summed E-state index contributed by atoms with van der Waals surface area (Å²) in [6, 6.07) is 0. The van der Waals surface area contributed by atoms with E-state index in [2.05, 4.69) is 0 Å². The standard InChI is InChI=1S/C5H7F3O2S/c6-5(7,8)4-2-1-3-11(4,9)10/h4H,1-3H2. The molecule has 1 unspecified atom stereocenters. The molecule has 6 heteroatoms. The quantitative estimate of drug-likeness (QED) is 0.571. The maximum Gasteiger partial charge on any atom is 0.405 e. The van der Waals surface area contributed by atoms with Crippen LogP contribution in [0.15, 0.2) is 0 Å². The van der Waals surface area contributed by atoms with Gasteiger partial charge in [-0.25, -0.2) is 8.42 Å². The largest absolute Gasteiger partial charge is 0.405 e. The van der Waals surface area contributed by atoms with Crippen molar-refractivity contribution in [2.45, 2.75) is 24.3 Å². The lowest BCUT2D eigenvalue weighted by atomic mass is 10.2. The van der Waals surface area contributed by atoms with E-state index in [4.69, 9.17) is 0 Å². The molecular weight excluding hydrogens is 181 g/mol. The first-order valence-electron chi connectivity index (χ1n) is 3.12. The Morgan fingerprint density at radius 2 is 1.82 bits per heavy atom. The number of sulfone groups is 1. The number of hydrogen-bond acceptors (Lipinski definition) is 2. The van der Waals surface area contributed by atoms with Crippen molar-refractivity contribution in [3.05, 3.63) is 0 Å². The average molecular weight is 188 g/mol. The van der Waals surface area contributed by atoms with Crippen LogP contribution in [0.2, 0.25) is 0 Å². The molecule has 1 atom stereocenters. The Kier molecular flexibility index (Phi) is 1.90. The van der Waals surface area contributed by atoms with Crippen molar-refractivity contribution in [1.82, 2.24) is 0 Å². The Bertz CT molecular complexity index is 241. The Morgan fingerprint density at radius 3 is 2.00 bits per heavy atom. The normalized spacial score (nSPS) is 30.6. The van der Waals surface area contributed by atoms with Gasteiger partial charge in [-0.15, -0.1) is 0 Å². The first-order chi connectivity index (χ1) is 4.84. The topological polar surface area (TPSA) is 34.1 Å². The van der Waals surface area contributed by atoms with Crippen molar-refractivity contribution in [2.75, 3.05) is 5.75 Å². The molecule has 0 bridgehead atoms. The summed E-state index contributed by atoms with van der Waals surface area (Å²) in [5.74, 6) is -0.322. The number of alkyl halides is 3. The predicted octanol–water partition coefficient (Wildman–Crippen LogP) is 1.13. The van der Waals surface area contributed by atoms with Crippen molar-refractivity contribution in [3.8, 4) is 0 Å². The van der Waals surface area contributed by atoms with Gasteiger partial charge in [0.05, 0.1) is 5.75 Å². The predicted molar refractivity (Wildman–Crippen MR) is 32.9 cm³/mol. The van der Waals surface area contributed by atoms with Gasteiger partial charge >= 0.3 is 6.18 Å². The lowest BCUT2D eigenvalue weighted by molar-refractivity contribution is -0.130. The fourth-order valence-corrected chi connectivity index (χ4v) is 2.95. The molecule has 1 rings (SSSR count). The molecule has 0 spiro atoms. The molecule has 0 aromatic rings. The highest BCUT2D eigenvalue weighted by Gasteiger charge is 2.50. The van der Waals surface area contributed by atoms with E-state index in [1.165, 1.54) is 0 Å². The fraction of sp³-hybridized carbons (Fsp3) is 1.00. The van der Waals surface area contributed by atoms with Gasteiger partial charge in [-0.3, -0.25) is 0 Å². The molecule has 2 nitrogen and oxygen atoms in total. The van der Waals surface area contributed by atoms with E-state index in [1.807, 2.05) is 0 Å². The molecule has 0 amide bonds. The second-order valence-electron chi connectivity index (χ2n) is 2.54. The molecule has 1 aliphatic rings. The molecule has 0 aromatic heterocycles. The Balaban J connectivity index is 2.91. The summed E-state index contributed by atoms with van der Waals surface area (Å²) in [6.45, 7) is 0. The first-order valence-corrected chi connectivity index (χ1v) is 4.84. The Hall–Kier alpha value is -0.260. The van der Waals surface area contributed by atoms with Crippen molar-refractivity contribution < 1.29 is 21.6 Å². The highest BCUT2D eigenvalue weighted by atomic mass is 32.2. The molecule has 0 aliphatic carbocycles. The zero-order valence-corrected chi connectivity index (χ0v) is 6.37. The molecule has 0 aromatic carbocycles. The Labute approximate surface area is 62.3 Å². The minimum absolute atomic E-state index is 0.131. The summed E-state index contributed by atoms with van der Waals surface area (Å²) >= 11 is 0. The summed E-state index contributed by atoms with van der Waals surface area (Å²) in [5.41, 5.74) is 0. The smallest absolute Gasteiger partial charge is 0.228 e. The molecule has 1 fully saturated rings. The minimum atomic E-state index is -4.57. The maximum absolute atomic E-state index is 11.9. The van der Waals surface area contributed by atoms with Crippen LogP contribution in [-0.2, 0) is 9.84 Å². The van der Waals surface area contributed by atoms with Gasteiger partial charge in [-0.05, 0) is 12.8 Å². The van der Waals surface area contributed by atoms with Gasteiger partial charge in [0.2, 0.25) is 0 Å². The SMILES string of the molecule is O=S1(=O)CCCC1C(F)(F)F. The molecular formula is C5H7F3O2S. The molecule has 1 heterocycles. The number of rotatable bonds is 0. The van der Waals surface area contributed by atoms with Gasteiger partial charge < -0.3 is 0 Å². The highest BCUT2D eigenvalue weighted by molar-refractivity contribution is 7.92. The third kappa shape index (κ3) is 1.66. The number of halogens is 3. The summed E-state index contributed by atoms with van der Waals surface area (Å²) in [5, 5.41) is -2.10. The molecule has 0 radical (unpaired) electrons. The van der Waals surface area contributed by atoms with Crippen LogP contribution in [0.25, 0.3) is 0 Å². The van der Waals surface area contributed by atoms with E-state index in [9.17, 15) is 21.6 Å². The first kappa shape index (κ1) is 8.83. The molecule has 1 saturated heterocycles. The van der Waals surface area contributed by atoms with Crippen LogP contribution in [0.3, 0.4) is 0 Å². The summed E-state index contributed by atoms with van der Waals surface area (Å²) in [4.78, 5) is 0. The van der Waals surface area contributed by atoms with Crippen LogP contribution < -0.4 is 0 Å². The highest BCUT2D eigenvalue weighted by Crippen LogP contribution is 2.34. The van der Waals surface area contributed by atoms with Crippen LogP contribution in [0.1, 0.15) is 12.8 Å². The van der Waals surface area contributed by atoms with Gasteiger partial charge in [0.1, 0.15) is 0 Å². The lowest BCUT2D eigenvalue weighted by Crippen LogP contribution is -2.32. The lowest BCUT2D eigenvalue weighted by Gasteiger charge is -2.12. The van der Waals surface area contributed by atoms with Crippen LogP contribution in [0.4, 0.5) is 13.2 Å². The van der Waals surface area contributed by atoms with Crippen molar-refractivity contribution in [1.29, 1.82) is 0 Å². The molecule has 66 valence electrons. The monoisotopic (exact) mass is 188 g/mol. The third-order valence-electron chi connectivity index (χ3n) is 1.69. The van der Waals surface area contributed by atoms with Crippen LogP contribution in [0, 0.1) is 0 Å². The molecule has 0 saturated carbocycles. The zero-order chi connectivity index (χ0) is 8.70. The molecule has 1 aliphatic heterocycles. The second-order valence-corrected chi connectivity index (χ2v) is 4.84. The van der Waals surface area contributed by atoms with E-state index in [0.717, 1.165) is 0 Å². The summed E-state index contributed by atoms with van der Waals surface area (Å²) in [7, 11) is -3.87. The van der Waals surface area contributed by atoms with Crippen LogP contribution in [0.5, 0.6) is 0 Å². The van der Waals surface area contributed by atoms with E-state index in [0.29, 0.717) is 0 Å². The van der Waals surface area contributed by atoms with E-state index < -0.39 is 21.3 Å². The van der Waals surface area contributed by atoms with Crippen molar-refractivity contribution >= 4 is 9.84 Å². The van der Waals surface area contributed by atoms with Gasteiger partial charge in [0.15, 0.2) is 15.1 Å². The fourth-order valence-electron chi connectivity index (χ4n) is 1.16. The van der Waals surface area contributed by atoms with Gasteiger partial charge in [-0.2, -0.15) is 13.2 Å².